The van der Waals surface area contributed by atoms with Gasteiger partial charge in [0.2, 0.25) is 10.0 Å². The van der Waals surface area contributed by atoms with Crippen molar-refractivity contribution in [1.82, 2.24) is 9.21 Å². The second-order valence-electron chi connectivity index (χ2n) is 6.83. The van der Waals surface area contributed by atoms with Gasteiger partial charge < -0.3 is 4.74 Å². The first kappa shape index (κ1) is 21.1. The molecule has 1 atom stereocenters. The molecule has 1 heterocycles. The number of hydrogen-bond acceptors (Lipinski definition) is 6. The van der Waals surface area contributed by atoms with Gasteiger partial charge in [0.1, 0.15) is 5.75 Å². The fraction of sp³-hybridized carbons (Fsp3) is 0.647. The zero-order valence-corrected chi connectivity index (χ0v) is 17.2. The minimum absolute atomic E-state index is 0.0541. The summed E-state index contributed by atoms with van der Waals surface area (Å²) >= 11 is 0. The molecule has 1 aliphatic heterocycles. The third-order valence-corrected chi connectivity index (χ3v) is 8.34. The van der Waals surface area contributed by atoms with Crippen LogP contribution in [0.4, 0.5) is 0 Å². The maximum absolute atomic E-state index is 12.0. The van der Waals surface area contributed by atoms with Gasteiger partial charge in [0.25, 0.3) is 0 Å². The molecule has 0 saturated carbocycles. The van der Waals surface area contributed by atoms with Crippen molar-refractivity contribution in [3.8, 4) is 5.75 Å². The Morgan fingerprint density at radius 3 is 2.35 bits per heavy atom. The molecule has 1 aromatic rings. The van der Waals surface area contributed by atoms with E-state index in [9.17, 15) is 16.8 Å². The molecule has 7 nitrogen and oxygen atoms in total. The van der Waals surface area contributed by atoms with Crippen molar-refractivity contribution in [2.45, 2.75) is 25.4 Å². The van der Waals surface area contributed by atoms with Crippen molar-refractivity contribution in [1.29, 1.82) is 0 Å². The lowest BCUT2D eigenvalue weighted by molar-refractivity contribution is 0.204. The number of rotatable bonds is 9. The number of benzene rings is 1. The molecule has 0 aromatic heterocycles. The lowest BCUT2D eigenvalue weighted by Crippen LogP contribution is -2.37. The molecule has 1 fully saturated rings. The van der Waals surface area contributed by atoms with Crippen LogP contribution in [0.1, 0.15) is 18.4 Å². The van der Waals surface area contributed by atoms with Gasteiger partial charge in [-0.2, -0.15) is 0 Å². The van der Waals surface area contributed by atoms with Crippen LogP contribution in [-0.2, 0) is 26.4 Å². The smallest absolute Gasteiger partial charge is 0.213 e. The van der Waals surface area contributed by atoms with Crippen LogP contribution in [0.25, 0.3) is 0 Å². The van der Waals surface area contributed by atoms with E-state index in [1.165, 1.54) is 18.4 Å². The third kappa shape index (κ3) is 5.94. The van der Waals surface area contributed by atoms with Gasteiger partial charge in [-0.25, -0.2) is 21.1 Å². The first-order chi connectivity index (χ1) is 12.1. The fourth-order valence-electron chi connectivity index (χ4n) is 3.05. The Kier molecular flexibility index (Phi) is 7.06. The SMILES string of the molecule is COc1ccc(CN(CCCS(=O)(=O)N(C)C)C2CCS(=O)(=O)C2)cc1. The van der Waals surface area contributed by atoms with Crippen LogP contribution in [0.3, 0.4) is 0 Å². The Hall–Kier alpha value is -1.16. The largest absolute Gasteiger partial charge is 0.497 e. The van der Waals surface area contributed by atoms with E-state index in [0.717, 1.165) is 11.3 Å². The maximum atomic E-state index is 12.0. The highest BCUT2D eigenvalue weighted by atomic mass is 32.2. The van der Waals surface area contributed by atoms with E-state index < -0.39 is 19.9 Å². The number of ether oxygens (including phenoxy) is 1. The molecule has 26 heavy (non-hydrogen) atoms. The van der Waals surface area contributed by atoms with Crippen molar-refractivity contribution in [3.05, 3.63) is 29.8 Å². The molecule has 0 bridgehead atoms. The highest BCUT2D eigenvalue weighted by molar-refractivity contribution is 7.91. The molecule has 1 saturated heterocycles. The molecule has 0 amide bonds. The Labute approximate surface area is 156 Å². The van der Waals surface area contributed by atoms with E-state index in [1.54, 1.807) is 7.11 Å². The summed E-state index contributed by atoms with van der Waals surface area (Å²) in [6.07, 6.45) is 1.06. The van der Waals surface area contributed by atoms with Crippen molar-refractivity contribution in [2.75, 3.05) is 45.0 Å². The van der Waals surface area contributed by atoms with E-state index >= 15 is 0 Å². The number of hydrogen-bond donors (Lipinski definition) is 0. The predicted octanol–water partition coefficient (Wildman–Crippen LogP) is 0.966. The molecule has 0 aliphatic carbocycles. The Morgan fingerprint density at radius 1 is 1.19 bits per heavy atom. The van der Waals surface area contributed by atoms with Crippen LogP contribution in [-0.4, -0.2) is 77.1 Å². The summed E-state index contributed by atoms with van der Waals surface area (Å²) in [6, 6.07) is 7.58. The molecule has 0 spiro atoms. The van der Waals surface area contributed by atoms with Gasteiger partial charge >= 0.3 is 0 Å². The summed E-state index contributed by atoms with van der Waals surface area (Å²) in [4.78, 5) is 2.09. The zero-order chi connectivity index (χ0) is 19.4. The molecule has 0 N–H and O–H groups in total. The number of sulfonamides is 1. The first-order valence-electron chi connectivity index (χ1n) is 8.60. The van der Waals surface area contributed by atoms with Gasteiger partial charge in [-0.15, -0.1) is 0 Å². The van der Waals surface area contributed by atoms with E-state index in [2.05, 4.69) is 4.90 Å². The summed E-state index contributed by atoms with van der Waals surface area (Å²) in [5, 5.41) is 0. The van der Waals surface area contributed by atoms with Crippen LogP contribution < -0.4 is 4.74 Å². The van der Waals surface area contributed by atoms with E-state index in [-0.39, 0.29) is 23.3 Å². The van der Waals surface area contributed by atoms with Crippen molar-refractivity contribution in [2.24, 2.45) is 0 Å². The van der Waals surface area contributed by atoms with Crippen LogP contribution >= 0.6 is 0 Å². The van der Waals surface area contributed by atoms with Crippen molar-refractivity contribution >= 4 is 19.9 Å². The summed E-state index contributed by atoms with van der Waals surface area (Å²) in [5.41, 5.74) is 1.05. The standard InChI is InChI=1S/C17H28N2O5S2/c1-18(2)26(22,23)11-4-10-19(16-9-12-25(20,21)14-16)13-15-5-7-17(24-3)8-6-15/h5-8,16H,4,9-14H2,1-3H3. The van der Waals surface area contributed by atoms with E-state index in [1.807, 2.05) is 24.3 Å². The Bertz CT molecular complexity index is 789. The number of nitrogens with zero attached hydrogens (tertiary/aromatic N) is 2. The van der Waals surface area contributed by atoms with Crippen molar-refractivity contribution < 1.29 is 21.6 Å². The average molecular weight is 405 g/mol. The lowest BCUT2D eigenvalue weighted by atomic mass is 10.1. The third-order valence-electron chi connectivity index (χ3n) is 4.67. The van der Waals surface area contributed by atoms with Crippen LogP contribution in [0.15, 0.2) is 24.3 Å². The molecule has 0 radical (unpaired) electrons. The van der Waals surface area contributed by atoms with Gasteiger partial charge in [-0.1, -0.05) is 12.1 Å². The topological polar surface area (TPSA) is 84.0 Å². The Balaban J connectivity index is 2.06. The highest BCUT2D eigenvalue weighted by Gasteiger charge is 2.32. The van der Waals surface area contributed by atoms with E-state index in [0.29, 0.717) is 25.9 Å². The average Bonchev–Trinajstić information content (AvgIpc) is 2.94. The highest BCUT2D eigenvalue weighted by Crippen LogP contribution is 2.21. The van der Waals surface area contributed by atoms with E-state index in [4.69, 9.17) is 4.74 Å². The van der Waals surface area contributed by atoms with Gasteiger partial charge in [-0.05, 0) is 37.1 Å². The summed E-state index contributed by atoms with van der Waals surface area (Å²) < 4.78 is 54.0. The summed E-state index contributed by atoms with van der Waals surface area (Å²) in [5.74, 6) is 1.16. The zero-order valence-electron chi connectivity index (χ0n) is 15.6. The predicted molar refractivity (Wildman–Crippen MR) is 103 cm³/mol. The molecular weight excluding hydrogens is 376 g/mol. The molecule has 2 rings (SSSR count). The Morgan fingerprint density at radius 2 is 1.85 bits per heavy atom. The lowest BCUT2D eigenvalue weighted by Gasteiger charge is -2.28. The molecule has 9 heteroatoms. The maximum Gasteiger partial charge on any atom is 0.213 e. The van der Waals surface area contributed by atoms with Gasteiger partial charge in [0, 0.05) is 26.7 Å². The monoisotopic (exact) mass is 404 g/mol. The van der Waals surface area contributed by atoms with Crippen LogP contribution in [0.2, 0.25) is 0 Å². The second kappa shape index (κ2) is 8.69. The normalized spacial score (nSPS) is 20.0. The molecular formula is C17H28N2O5S2. The van der Waals surface area contributed by atoms with Crippen molar-refractivity contribution in [3.63, 3.8) is 0 Å². The first-order valence-corrected chi connectivity index (χ1v) is 12.0. The van der Waals surface area contributed by atoms with Gasteiger partial charge in [0.05, 0.1) is 24.4 Å². The quantitative estimate of drug-likeness (QED) is 0.610. The number of sulfone groups is 1. The van der Waals surface area contributed by atoms with Gasteiger partial charge in [-0.3, -0.25) is 4.90 Å². The molecule has 1 aliphatic rings. The summed E-state index contributed by atoms with van der Waals surface area (Å²) in [7, 11) is -1.60. The summed E-state index contributed by atoms with van der Waals surface area (Å²) in [6.45, 7) is 1.13. The minimum Gasteiger partial charge on any atom is -0.497 e. The molecule has 1 unspecified atom stereocenters. The van der Waals surface area contributed by atoms with Gasteiger partial charge in [0.15, 0.2) is 9.84 Å². The van der Waals surface area contributed by atoms with Crippen LogP contribution in [0.5, 0.6) is 5.75 Å². The fourth-order valence-corrected chi connectivity index (χ4v) is 5.67. The second-order valence-corrected chi connectivity index (χ2v) is 11.4. The molecule has 148 valence electrons. The van der Waals surface area contributed by atoms with Crippen LogP contribution in [0, 0.1) is 0 Å². The number of methoxy groups -OCH3 is 1. The minimum atomic E-state index is -3.25. The molecule has 1 aromatic carbocycles.